The van der Waals surface area contributed by atoms with Crippen LogP contribution in [0.5, 0.6) is 5.75 Å². The van der Waals surface area contributed by atoms with E-state index < -0.39 is 0 Å². The number of hydrogen-bond acceptors (Lipinski definition) is 2. The highest BCUT2D eigenvalue weighted by atomic mass is 16.5. The maximum absolute atomic E-state index is 5.80. The summed E-state index contributed by atoms with van der Waals surface area (Å²) in [6.07, 6.45) is 3.51. The van der Waals surface area contributed by atoms with Crippen LogP contribution in [0.15, 0.2) is 18.2 Å². The Hall–Kier alpha value is -1.02. The van der Waals surface area contributed by atoms with Crippen molar-refractivity contribution in [1.82, 2.24) is 5.32 Å². The molecule has 0 aliphatic heterocycles. The monoisotopic (exact) mass is 235 g/mol. The van der Waals surface area contributed by atoms with E-state index in [1.807, 2.05) is 0 Å². The summed E-state index contributed by atoms with van der Waals surface area (Å²) in [4.78, 5) is 0. The molecule has 1 aromatic carbocycles. The highest BCUT2D eigenvalue weighted by Gasteiger charge is 2.00. The zero-order valence-electron chi connectivity index (χ0n) is 11.4. The standard InChI is InChI=1S/C15H25NO/c1-4-10-16-11-5-6-12-17-15-9-7-8-13(2)14(15)3/h7-9,16H,4-6,10-12H2,1-3H3. The van der Waals surface area contributed by atoms with Crippen LogP contribution >= 0.6 is 0 Å². The fourth-order valence-corrected chi connectivity index (χ4v) is 1.72. The Morgan fingerprint density at radius 2 is 1.94 bits per heavy atom. The smallest absolute Gasteiger partial charge is 0.122 e. The lowest BCUT2D eigenvalue weighted by Gasteiger charge is -2.10. The topological polar surface area (TPSA) is 21.3 Å². The second-order valence-corrected chi connectivity index (χ2v) is 4.50. The first-order valence-electron chi connectivity index (χ1n) is 6.65. The van der Waals surface area contributed by atoms with Gasteiger partial charge in [0.1, 0.15) is 5.75 Å². The van der Waals surface area contributed by atoms with Crippen LogP contribution in [0.25, 0.3) is 0 Å². The first kappa shape index (κ1) is 14.0. The van der Waals surface area contributed by atoms with Gasteiger partial charge in [-0.3, -0.25) is 0 Å². The van der Waals surface area contributed by atoms with Crippen LogP contribution in [0.1, 0.15) is 37.3 Å². The van der Waals surface area contributed by atoms with Crippen LogP contribution in [0.2, 0.25) is 0 Å². The average Bonchev–Trinajstić information content (AvgIpc) is 2.33. The molecule has 0 spiro atoms. The van der Waals surface area contributed by atoms with Gasteiger partial charge in [-0.15, -0.1) is 0 Å². The van der Waals surface area contributed by atoms with Gasteiger partial charge in [0.2, 0.25) is 0 Å². The van der Waals surface area contributed by atoms with Gasteiger partial charge < -0.3 is 10.1 Å². The number of hydrogen-bond donors (Lipinski definition) is 1. The highest BCUT2D eigenvalue weighted by Crippen LogP contribution is 2.20. The number of nitrogens with one attached hydrogen (secondary N) is 1. The molecule has 0 fully saturated rings. The Kier molecular flexibility index (Phi) is 6.71. The summed E-state index contributed by atoms with van der Waals surface area (Å²) in [6.45, 7) is 9.47. The largest absolute Gasteiger partial charge is 0.493 e. The SMILES string of the molecule is CCCNCCCCOc1cccc(C)c1C. The van der Waals surface area contributed by atoms with Crippen molar-refractivity contribution in [3.05, 3.63) is 29.3 Å². The molecule has 2 nitrogen and oxygen atoms in total. The molecule has 0 aliphatic carbocycles. The van der Waals surface area contributed by atoms with Gasteiger partial charge in [0, 0.05) is 0 Å². The molecule has 0 radical (unpaired) electrons. The summed E-state index contributed by atoms with van der Waals surface area (Å²) in [6, 6.07) is 6.23. The number of unbranched alkanes of at least 4 members (excludes halogenated alkanes) is 1. The van der Waals surface area contributed by atoms with E-state index in [-0.39, 0.29) is 0 Å². The molecule has 1 rings (SSSR count). The third kappa shape index (κ3) is 5.22. The van der Waals surface area contributed by atoms with Crippen LogP contribution < -0.4 is 10.1 Å². The highest BCUT2D eigenvalue weighted by molar-refractivity contribution is 5.38. The summed E-state index contributed by atoms with van der Waals surface area (Å²) < 4.78 is 5.80. The Morgan fingerprint density at radius 3 is 2.71 bits per heavy atom. The van der Waals surface area contributed by atoms with Gasteiger partial charge >= 0.3 is 0 Å². The molecule has 1 N–H and O–H groups in total. The lowest BCUT2D eigenvalue weighted by atomic mass is 10.1. The van der Waals surface area contributed by atoms with Crippen LogP contribution in [-0.2, 0) is 0 Å². The summed E-state index contributed by atoms with van der Waals surface area (Å²) in [7, 11) is 0. The fourth-order valence-electron chi connectivity index (χ4n) is 1.72. The number of rotatable bonds is 8. The zero-order valence-corrected chi connectivity index (χ0v) is 11.4. The Morgan fingerprint density at radius 1 is 1.12 bits per heavy atom. The summed E-state index contributed by atoms with van der Waals surface area (Å²) in [5, 5.41) is 3.40. The normalized spacial score (nSPS) is 10.5. The first-order valence-corrected chi connectivity index (χ1v) is 6.65. The van der Waals surface area contributed by atoms with E-state index in [2.05, 4.69) is 44.3 Å². The lowest BCUT2D eigenvalue weighted by Crippen LogP contribution is -2.16. The lowest BCUT2D eigenvalue weighted by molar-refractivity contribution is 0.303. The second kappa shape index (κ2) is 8.13. The molecule has 2 heteroatoms. The Bertz CT molecular complexity index is 323. The molecule has 0 unspecified atom stereocenters. The molecule has 0 heterocycles. The molecule has 96 valence electrons. The zero-order chi connectivity index (χ0) is 12.5. The van der Waals surface area contributed by atoms with Crippen molar-refractivity contribution in [3.63, 3.8) is 0 Å². The van der Waals surface area contributed by atoms with Crippen molar-refractivity contribution in [2.75, 3.05) is 19.7 Å². The van der Waals surface area contributed by atoms with Crippen LogP contribution in [0.4, 0.5) is 0 Å². The van der Waals surface area contributed by atoms with Crippen molar-refractivity contribution < 1.29 is 4.74 Å². The van der Waals surface area contributed by atoms with Crippen molar-refractivity contribution in [2.45, 2.75) is 40.0 Å². The van der Waals surface area contributed by atoms with Crippen LogP contribution in [-0.4, -0.2) is 19.7 Å². The minimum Gasteiger partial charge on any atom is -0.493 e. The van der Waals surface area contributed by atoms with E-state index in [9.17, 15) is 0 Å². The third-order valence-corrected chi connectivity index (χ3v) is 2.99. The van der Waals surface area contributed by atoms with E-state index in [0.717, 1.165) is 31.9 Å². The van der Waals surface area contributed by atoms with E-state index in [1.54, 1.807) is 0 Å². The molecule has 0 bridgehead atoms. The molecule has 0 amide bonds. The van der Waals surface area contributed by atoms with Gasteiger partial charge in [0.15, 0.2) is 0 Å². The van der Waals surface area contributed by atoms with E-state index >= 15 is 0 Å². The minimum absolute atomic E-state index is 0.818. The minimum atomic E-state index is 0.818. The molecule has 0 aromatic heterocycles. The Balaban J connectivity index is 2.16. The molecular formula is C15H25NO. The molecule has 0 saturated carbocycles. The number of aryl methyl sites for hydroxylation is 1. The maximum Gasteiger partial charge on any atom is 0.122 e. The van der Waals surface area contributed by atoms with E-state index in [0.29, 0.717) is 0 Å². The van der Waals surface area contributed by atoms with Crippen molar-refractivity contribution in [3.8, 4) is 5.75 Å². The van der Waals surface area contributed by atoms with Crippen LogP contribution in [0.3, 0.4) is 0 Å². The molecule has 0 saturated heterocycles. The quantitative estimate of drug-likeness (QED) is 0.697. The average molecular weight is 235 g/mol. The van der Waals surface area contributed by atoms with Crippen molar-refractivity contribution in [1.29, 1.82) is 0 Å². The van der Waals surface area contributed by atoms with E-state index in [4.69, 9.17) is 4.74 Å². The Labute approximate surface area is 105 Å². The van der Waals surface area contributed by atoms with Gasteiger partial charge in [-0.25, -0.2) is 0 Å². The van der Waals surface area contributed by atoms with Gasteiger partial charge in [-0.05, 0) is 63.4 Å². The fraction of sp³-hybridized carbons (Fsp3) is 0.600. The summed E-state index contributed by atoms with van der Waals surface area (Å²) in [5.74, 6) is 1.03. The molecule has 0 atom stereocenters. The van der Waals surface area contributed by atoms with Crippen LogP contribution in [0, 0.1) is 13.8 Å². The number of ether oxygens (including phenoxy) is 1. The maximum atomic E-state index is 5.80. The first-order chi connectivity index (χ1) is 8.25. The number of benzene rings is 1. The molecule has 0 aliphatic rings. The molecule has 1 aromatic rings. The second-order valence-electron chi connectivity index (χ2n) is 4.50. The van der Waals surface area contributed by atoms with Crippen molar-refractivity contribution in [2.24, 2.45) is 0 Å². The summed E-state index contributed by atoms with van der Waals surface area (Å²) >= 11 is 0. The predicted molar refractivity (Wildman–Crippen MR) is 73.8 cm³/mol. The molecular weight excluding hydrogens is 210 g/mol. The molecule has 17 heavy (non-hydrogen) atoms. The van der Waals surface area contributed by atoms with Gasteiger partial charge in [0.25, 0.3) is 0 Å². The van der Waals surface area contributed by atoms with Gasteiger partial charge in [0.05, 0.1) is 6.61 Å². The third-order valence-electron chi connectivity index (χ3n) is 2.99. The van der Waals surface area contributed by atoms with Gasteiger partial charge in [-0.2, -0.15) is 0 Å². The van der Waals surface area contributed by atoms with Crippen molar-refractivity contribution >= 4 is 0 Å². The van der Waals surface area contributed by atoms with Gasteiger partial charge in [-0.1, -0.05) is 19.1 Å². The summed E-state index contributed by atoms with van der Waals surface area (Å²) in [5.41, 5.74) is 2.56. The van der Waals surface area contributed by atoms with E-state index in [1.165, 1.54) is 24.0 Å². The predicted octanol–water partition coefficient (Wildman–Crippen LogP) is 3.46.